The molecule has 0 atom stereocenters. The van der Waals surface area contributed by atoms with Gasteiger partial charge in [-0.3, -0.25) is 10.8 Å². The van der Waals surface area contributed by atoms with Crippen LogP contribution in [0.25, 0.3) is 0 Å². The highest BCUT2D eigenvalue weighted by Crippen LogP contribution is 2.46. The largest absolute Gasteiger partial charge is 0.324 e. The Kier molecular flexibility index (Phi) is 2.22. The van der Waals surface area contributed by atoms with Crippen molar-refractivity contribution in [2.75, 3.05) is 7.05 Å². The van der Waals surface area contributed by atoms with Gasteiger partial charge in [-0.05, 0) is 18.8 Å². The van der Waals surface area contributed by atoms with Crippen LogP contribution in [0.5, 0.6) is 0 Å². The first-order chi connectivity index (χ1) is 5.49. The van der Waals surface area contributed by atoms with Crippen LogP contribution in [0.2, 0.25) is 0 Å². The summed E-state index contributed by atoms with van der Waals surface area (Å²) in [5.74, 6) is 1.32. The van der Waals surface area contributed by atoms with Gasteiger partial charge in [0, 0.05) is 12.5 Å². The highest BCUT2D eigenvalue weighted by atomic mass is 15.2. The summed E-state index contributed by atoms with van der Waals surface area (Å²) in [7, 11) is 1.77. The fourth-order valence-corrected chi connectivity index (χ4v) is 2.16. The van der Waals surface area contributed by atoms with Crippen molar-refractivity contribution in [2.45, 2.75) is 26.7 Å². The minimum Gasteiger partial charge on any atom is -0.324 e. The summed E-state index contributed by atoms with van der Waals surface area (Å²) in [5.41, 5.74) is 0.0334. The fourth-order valence-electron chi connectivity index (χ4n) is 2.16. The highest BCUT2D eigenvalue weighted by molar-refractivity contribution is 5.93. The Balaban J connectivity index is 2.59. The van der Waals surface area contributed by atoms with Crippen LogP contribution in [0.3, 0.4) is 0 Å². The first kappa shape index (κ1) is 9.23. The van der Waals surface area contributed by atoms with Crippen molar-refractivity contribution in [2.24, 2.45) is 11.3 Å². The summed E-state index contributed by atoms with van der Waals surface area (Å²) in [6.07, 6.45) is 3.38. The standard InChI is InChI=1S/C9H17N3/c1-7-4-9(2,5-7)8(11)12(3)6-10/h6-7,10-11H,4-5H2,1-3H3. The Morgan fingerprint density at radius 2 is 2.08 bits per heavy atom. The molecule has 1 aliphatic carbocycles. The van der Waals surface area contributed by atoms with Gasteiger partial charge in [0.15, 0.2) is 0 Å². The van der Waals surface area contributed by atoms with Crippen LogP contribution in [0.15, 0.2) is 0 Å². The van der Waals surface area contributed by atoms with E-state index < -0.39 is 0 Å². The van der Waals surface area contributed by atoms with Crippen LogP contribution in [0.1, 0.15) is 26.7 Å². The second kappa shape index (κ2) is 2.88. The molecular formula is C9H17N3. The Morgan fingerprint density at radius 3 is 2.42 bits per heavy atom. The molecule has 0 saturated heterocycles. The van der Waals surface area contributed by atoms with Crippen molar-refractivity contribution in [1.29, 1.82) is 10.8 Å². The lowest BCUT2D eigenvalue weighted by molar-refractivity contribution is 0.156. The summed E-state index contributed by atoms with van der Waals surface area (Å²) in [6, 6.07) is 0. The second-order valence-corrected chi connectivity index (χ2v) is 4.16. The first-order valence-corrected chi connectivity index (χ1v) is 4.32. The molecule has 12 heavy (non-hydrogen) atoms. The van der Waals surface area contributed by atoms with Crippen LogP contribution >= 0.6 is 0 Å². The van der Waals surface area contributed by atoms with Crippen molar-refractivity contribution < 1.29 is 0 Å². The quantitative estimate of drug-likeness (QED) is 0.479. The molecular weight excluding hydrogens is 150 g/mol. The molecule has 1 rings (SSSR count). The van der Waals surface area contributed by atoms with Crippen molar-refractivity contribution in [3.05, 3.63) is 0 Å². The van der Waals surface area contributed by atoms with E-state index in [0.29, 0.717) is 5.84 Å². The third-order valence-corrected chi connectivity index (χ3v) is 2.72. The third kappa shape index (κ3) is 1.36. The summed E-state index contributed by atoms with van der Waals surface area (Å²) in [6.45, 7) is 4.31. The molecule has 3 nitrogen and oxygen atoms in total. The highest BCUT2D eigenvalue weighted by Gasteiger charge is 2.42. The zero-order chi connectivity index (χ0) is 9.35. The van der Waals surface area contributed by atoms with Gasteiger partial charge in [0.05, 0.1) is 6.34 Å². The molecule has 0 bridgehead atoms. The monoisotopic (exact) mass is 167 g/mol. The van der Waals surface area contributed by atoms with Gasteiger partial charge in [0.2, 0.25) is 0 Å². The Hall–Kier alpha value is -0.860. The SMILES string of the molecule is CC1CC(C)(C(=N)N(C)C=N)C1. The van der Waals surface area contributed by atoms with E-state index in [-0.39, 0.29) is 5.41 Å². The summed E-state index contributed by atoms with van der Waals surface area (Å²) >= 11 is 0. The number of nitrogens with one attached hydrogen (secondary N) is 2. The Morgan fingerprint density at radius 1 is 1.58 bits per heavy atom. The maximum Gasteiger partial charge on any atom is 0.107 e. The van der Waals surface area contributed by atoms with Gasteiger partial charge >= 0.3 is 0 Å². The van der Waals surface area contributed by atoms with Crippen molar-refractivity contribution in [3.63, 3.8) is 0 Å². The van der Waals surface area contributed by atoms with Crippen molar-refractivity contribution in [1.82, 2.24) is 4.90 Å². The first-order valence-electron chi connectivity index (χ1n) is 4.32. The summed E-state index contributed by atoms with van der Waals surface area (Å²) in [4.78, 5) is 1.59. The molecule has 0 radical (unpaired) electrons. The van der Waals surface area contributed by atoms with E-state index in [9.17, 15) is 0 Å². The second-order valence-electron chi connectivity index (χ2n) is 4.16. The fraction of sp³-hybridized carbons (Fsp3) is 0.778. The van der Waals surface area contributed by atoms with E-state index in [2.05, 4.69) is 13.8 Å². The molecule has 68 valence electrons. The van der Waals surface area contributed by atoms with E-state index >= 15 is 0 Å². The molecule has 2 N–H and O–H groups in total. The number of hydrogen-bond donors (Lipinski definition) is 2. The average Bonchev–Trinajstić information content (AvgIpc) is 1.99. The van der Waals surface area contributed by atoms with Gasteiger partial charge in [-0.2, -0.15) is 0 Å². The lowest BCUT2D eigenvalue weighted by atomic mass is 9.63. The molecule has 0 amide bonds. The van der Waals surface area contributed by atoms with Crippen molar-refractivity contribution >= 4 is 12.2 Å². The van der Waals surface area contributed by atoms with Crippen LogP contribution < -0.4 is 0 Å². The lowest BCUT2D eigenvalue weighted by Crippen LogP contribution is -2.46. The van der Waals surface area contributed by atoms with E-state index in [1.807, 2.05) is 0 Å². The predicted molar refractivity (Wildman–Crippen MR) is 50.8 cm³/mol. The number of amidine groups is 1. The molecule has 1 saturated carbocycles. The third-order valence-electron chi connectivity index (χ3n) is 2.72. The minimum absolute atomic E-state index is 0.0334. The van der Waals surface area contributed by atoms with Gasteiger partial charge in [0.1, 0.15) is 5.84 Å². The van der Waals surface area contributed by atoms with Gasteiger partial charge in [-0.25, -0.2) is 0 Å². The van der Waals surface area contributed by atoms with Crippen LogP contribution in [0.4, 0.5) is 0 Å². The average molecular weight is 167 g/mol. The summed E-state index contributed by atoms with van der Waals surface area (Å²) < 4.78 is 0. The topological polar surface area (TPSA) is 50.9 Å². The normalized spacial score (nSPS) is 33.8. The van der Waals surface area contributed by atoms with E-state index in [1.165, 1.54) is 6.34 Å². The zero-order valence-corrected chi connectivity index (χ0v) is 8.02. The maximum atomic E-state index is 7.81. The predicted octanol–water partition coefficient (Wildman–Crippen LogP) is 1.94. The van der Waals surface area contributed by atoms with E-state index in [4.69, 9.17) is 10.8 Å². The van der Waals surface area contributed by atoms with E-state index in [0.717, 1.165) is 18.8 Å². The van der Waals surface area contributed by atoms with Gasteiger partial charge in [0.25, 0.3) is 0 Å². The molecule has 0 spiro atoms. The number of hydrogen-bond acceptors (Lipinski definition) is 2. The number of nitrogens with zero attached hydrogens (tertiary/aromatic N) is 1. The zero-order valence-electron chi connectivity index (χ0n) is 8.02. The Labute approximate surface area is 73.8 Å². The molecule has 0 unspecified atom stereocenters. The van der Waals surface area contributed by atoms with E-state index in [1.54, 1.807) is 11.9 Å². The molecule has 0 aromatic carbocycles. The molecule has 1 fully saturated rings. The summed E-state index contributed by atoms with van der Waals surface area (Å²) in [5, 5.41) is 14.8. The molecule has 0 aromatic rings. The molecule has 0 heterocycles. The molecule has 0 aliphatic heterocycles. The Bertz CT molecular complexity index is 204. The smallest absolute Gasteiger partial charge is 0.107 e. The lowest BCUT2D eigenvalue weighted by Gasteiger charge is -2.45. The maximum absolute atomic E-state index is 7.81. The molecule has 0 aromatic heterocycles. The number of rotatable bonds is 2. The van der Waals surface area contributed by atoms with Crippen LogP contribution in [0, 0.1) is 22.2 Å². The van der Waals surface area contributed by atoms with Gasteiger partial charge < -0.3 is 4.90 Å². The van der Waals surface area contributed by atoms with Crippen LogP contribution in [-0.4, -0.2) is 24.1 Å². The minimum atomic E-state index is 0.0334. The van der Waals surface area contributed by atoms with Gasteiger partial charge in [-0.1, -0.05) is 13.8 Å². The molecule has 3 heteroatoms. The van der Waals surface area contributed by atoms with Crippen LogP contribution in [-0.2, 0) is 0 Å². The van der Waals surface area contributed by atoms with Crippen molar-refractivity contribution in [3.8, 4) is 0 Å². The van der Waals surface area contributed by atoms with Gasteiger partial charge in [-0.15, -0.1) is 0 Å². The molecule has 1 aliphatic rings.